The monoisotopic (exact) mass is 563 g/mol. The molecule has 1 fully saturated rings. The Labute approximate surface area is 217 Å². The molecule has 3 rings (SSSR count). The standard InChI is InChI=1S/C26H34BrN3O4S/c1-19-9-7-14-24(15-19)30(35(3,33)34)18-25(31)29(17-21-10-8-11-22(27)16-21)20(2)26(32)28-23-12-5-4-6-13-23/h7-11,14-16,20,23H,4-6,12-13,17-18H2,1-3H3,(H,28,32). The summed E-state index contributed by atoms with van der Waals surface area (Å²) in [6.45, 7) is 3.36. The minimum absolute atomic E-state index is 0.112. The van der Waals surface area contributed by atoms with Crippen molar-refractivity contribution in [2.75, 3.05) is 17.1 Å². The van der Waals surface area contributed by atoms with E-state index in [1.807, 2.05) is 37.3 Å². The Balaban J connectivity index is 1.87. The number of rotatable bonds is 9. The third-order valence-corrected chi connectivity index (χ3v) is 7.96. The second-order valence-corrected chi connectivity index (χ2v) is 12.1. The van der Waals surface area contributed by atoms with Crippen LogP contribution in [0.3, 0.4) is 0 Å². The summed E-state index contributed by atoms with van der Waals surface area (Å²) in [5, 5.41) is 3.10. The molecule has 2 aromatic carbocycles. The van der Waals surface area contributed by atoms with Gasteiger partial charge in [0, 0.05) is 17.1 Å². The zero-order chi connectivity index (χ0) is 25.6. The first-order valence-corrected chi connectivity index (χ1v) is 14.6. The molecule has 1 aliphatic carbocycles. The Morgan fingerprint density at radius 3 is 2.40 bits per heavy atom. The van der Waals surface area contributed by atoms with Crippen LogP contribution in [0.4, 0.5) is 5.69 Å². The van der Waals surface area contributed by atoms with Crippen LogP contribution >= 0.6 is 15.9 Å². The van der Waals surface area contributed by atoms with Crippen molar-refractivity contribution in [1.82, 2.24) is 10.2 Å². The average molecular weight is 565 g/mol. The maximum atomic E-state index is 13.6. The summed E-state index contributed by atoms with van der Waals surface area (Å²) in [6, 6.07) is 13.9. The summed E-state index contributed by atoms with van der Waals surface area (Å²) in [4.78, 5) is 28.2. The number of halogens is 1. The lowest BCUT2D eigenvalue weighted by Gasteiger charge is -2.33. The summed E-state index contributed by atoms with van der Waals surface area (Å²) in [7, 11) is -3.73. The van der Waals surface area contributed by atoms with Gasteiger partial charge in [0.2, 0.25) is 21.8 Å². The molecule has 1 aliphatic rings. The lowest BCUT2D eigenvalue weighted by Crippen LogP contribution is -2.52. The number of nitrogens with zero attached hydrogens (tertiary/aromatic N) is 2. The van der Waals surface area contributed by atoms with E-state index in [1.54, 1.807) is 25.1 Å². The van der Waals surface area contributed by atoms with Gasteiger partial charge in [0.15, 0.2) is 0 Å². The van der Waals surface area contributed by atoms with Crippen LogP contribution in [0.2, 0.25) is 0 Å². The topological polar surface area (TPSA) is 86.8 Å². The highest BCUT2D eigenvalue weighted by molar-refractivity contribution is 9.10. The van der Waals surface area contributed by atoms with E-state index in [0.717, 1.165) is 51.8 Å². The molecule has 2 aromatic rings. The zero-order valence-electron chi connectivity index (χ0n) is 20.5. The zero-order valence-corrected chi connectivity index (χ0v) is 22.9. The maximum absolute atomic E-state index is 13.6. The number of carbonyl (C=O) groups is 2. The predicted octanol–water partition coefficient (Wildman–Crippen LogP) is 4.39. The van der Waals surface area contributed by atoms with Gasteiger partial charge in [0.1, 0.15) is 12.6 Å². The number of aryl methyl sites for hydroxylation is 1. The highest BCUT2D eigenvalue weighted by Crippen LogP contribution is 2.22. The van der Waals surface area contributed by atoms with Gasteiger partial charge in [-0.2, -0.15) is 0 Å². The predicted molar refractivity (Wildman–Crippen MR) is 143 cm³/mol. The van der Waals surface area contributed by atoms with Crippen molar-refractivity contribution in [3.05, 3.63) is 64.1 Å². The summed E-state index contributed by atoms with van der Waals surface area (Å²) in [6.07, 6.45) is 6.30. The van der Waals surface area contributed by atoms with Crippen LogP contribution < -0.4 is 9.62 Å². The van der Waals surface area contributed by atoms with Gasteiger partial charge in [-0.1, -0.05) is 59.5 Å². The molecule has 1 saturated carbocycles. The van der Waals surface area contributed by atoms with Crippen LogP contribution in [0.25, 0.3) is 0 Å². The molecule has 0 spiro atoms. The van der Waals surface area contributed by atoms with Crippen molar-refractivity contribution in [3.63, 3.8) is 0 Å². The first-order valence-electron chi connectivity index (χ1n) is 11.9. The van der Waals surface area contributed by atoms with Crippen molar-refractivity contribution in [2.45, 2.75) is 64.6 Å². The van der Waals surface area contributed by atoms with Gasteiger partial charge in [-0.15, -0.1) is 0 Å². The lowest BCUT2D eigenvalue weighted by molar-refractivity contribution is -0.139. The number of sulfonamides is 1. The quantitative estimate of drug-likeness (QED) is 0.490. The Morgan fingerprint density at radius 1 is 1.09 bits per heavy atom. The molecule has 0 saturated heterocycles. The largest absolute Gasteiger partial charge is 0.352 e. The molecule has 0 aliphatic heterocycles. The molecule has 2 amide bonds. The Bertz CT molecular complexity index is 1150. The number of carbonyl (C=O) groups excluding carboxylic acids is 2. The molecule has 9 heteroatoms. The van der Waals surface area contributed by atoms with Gasteiger partial charge >= 0.3 is 0 Å². The van der Waals surface area contributed by atoms with E-state index < -0.39 is 28.5 Å². The molecule has 0 aromatic heterocycles. The van der Waals surface area contributed by atoms with E-state index >= 15 is 0 Å². The first kappa shape index (κ1) is 27.2. The third-order valence-electron chi connectivity index (χ3n) is 6.33. The minimum atomic E-state index is -3.73. The van der Waals surface area contributed by atoms with Crippen molar-refractivity contribution < 1.29 is 18.0 Å². The highest BCUT2D eigenvalue weighted by atomic mass is 79.9. The molecular formula is C26H34BrN3O4S. The van der Waals surface area contributed by atoms with E-state index in [4.69, 9.17) is 0 Å². The van der Waals surface area contributed by atoms with Crippen molar-refractivity contribution >= 4 is 43.5 Å². The number of amides is 2. The second kappa shape index (κ2) is 12.0. The van der Waals surface area contributed by atoms with Crippen LogP contribution in [0.1, 0.15) is 50.2 Å². The Hall–Kier alpha value is -2.39. The SMILES string of the molecule is Cc1cccc(N(CC(=O)N(Cc2cccc(Br)c2)C(C)C(=O)NC2CCCCC2)S(C)(=O)=O)c1. The van der Waals surface area contributed by atoms with Crippen LogP contribution in [0.5, 0.6) is 0 Å². The highest BCUT2D eigenvalue weighted by Gasteiger charge is 2.31. The van der Waals surface area contributed by atoms with E-state index in [1.165, 1.54) is 11.3 Å². The normalized spacial score (nSPS) is 15.3. The second-order valence-electron chi connectivity index (χ2n) is 9.28. The van der Waals surface area contributed by atoms with Crippen LogP contribution in [-0.4, -0.2) is 50.0 Å². The average Bonchev–Trinajstić information content (AvgIpc) is 2.80. The van der Waals surface area contributed by atoms with E-state index in [-0.39, 0.29) is 18.5 Å². The van der Waals surface area contributed by atoms with Crippen molar-refractivity contribution in [3.8, 4) is 0 Å². The van der Waals surface area contributed by atoms with Gasteiger partial charge in [-0.3, -0.25) is 13.9 Å². The summed E-state index contributed by atoms with van der Waals surface area (Å²) in [5.74, 6) is -0.662. The van der Waals surface area contributed by atoms with Gasteiger partial charge < -0.3 is 10.2 Å². The van der Waals surface area contributed by atoms with E-state index in [0.29, 0.717) is 5.69 Å². The molecule has 35 heavy (non-hydrogen) atoms. The number of hydrogen-bond acceptors (Lipinski definition) is 4. The fourth-order valence-corrected chi connectivity index (χ4v) is 5.67. The van der Waals surface area contributed by atoms with E-state index in [9.17, 15) is 18.0 Å². The molecule has 0 bridgehead atoms. The summed E-state index contributed by atoms with van der Waals surface area (Å²) < 4.78 is 27.2. The summed E-state index contributed by atoms with van der Waals surface area (Å²) >= 11 is 3.45. The Morgan fingerprint density at radius 2 is 1.77 bits per heavy atom. The van der Waals surface area contributed by atoms with Gasteiger partial charge in [0.25, 0.3) is 0 Å². The summed E-state index contributed by atoms with van der Waals surface area (Å²) in [5.41, 5.74) is 2.14. The minimum Gasteiger partial charge on any atom is -0.352 e. The first-order chi connectivity index (χ1) is 16.5. The molecule has 1 atom stereocenters. The number of hydrogen-bond donors (Lipinski definition) is 1. The lowest BCUT2D eigenvalue weighted by atomic mass is 9.95. The van der Waals surface area contributed by atoms with Crippen molar-refractivity contribution in [2.24, 2.45) is 0 Å². The molecule has 0 radical (unpaired) electrons. The molecule has 0 heterocycles. The van der Waals surface area contributed by atoms with E-state index in [2.05, 4.69) is 21.2 Å². The molecule has 1 unspecified atom stereocenters. The Kier molecular flexibility index (Phi) is 9.35. The maximum Gasteiger partial charge on any atom is 0.244 e. The van der Waals surface area contributed by atoms with Crippen LogP contribution in [-0.2, 0) is 26.2 Å². The van der Waals surface area contributed by atoms with Crippen LogP contribution in [0, 0.1) is 6.92 Å². The van der Waals surface area contributed by atoms with Gasteiger partial charge in [-0.05, 0) is 62.1 Å². The fraction of sp³-hybridized carbons (Fsp3) is 0.462. The molecule has 1 N–H and O–H groups in total. The molecule has 190 valence electrons. The fourth-order valence-electron chi connectivity index (χ4n) is 4.38. The molecular weight excluding hydrogens is 530 g/mol. The van der Waals surface area contributed by atoms with Gasteiger partial charge in [-0.25, -0.2) is 8.42 Å². The smallest absolute Gasteiger partial charge is 0.244 e. The third kappa shape index (κ3) is 7.80. The van der Waals surface area contributed by atoms with Crippen LogP contribution in [0.15, 0.2) is 53.0 Å². The molecule has 7 nitrogen and oxygen atoms in total. The number of nitrogens with one attached hydrogen (secondary N) is 1. The van der Waals surface area contributed by atoms with Gasteiger partial charge in [0.05, 0.1) is 11.9 Å². The van der Waals surface area contributed by atoms with Crippen molar-refractivity contribution in [1.29, 1.82) is 0 Å². The number of benzene rings is 2. The number of anilines is 1.